The first kappa shape index (κ1) is 17.8. The van der Waals surface area contributed by atoms with Gasteiger partial charge in [-0.25, -0.2) is 0 Å². The minimum Gasteiger partial charge on any atom is -0.398 e. The van der Waals surface area contributed by atoms with Crippen molar-refractivity contribution in [3.8, 4) is 0 Å². The number of nitrogens with one attached hydrogen (secondary N) is 1. The van der Waals surface area contributed by atoms with E-state index in [1.165, 1.54) is 44.1 Å². The van der Waals surface area contributed by atoms with Crippen LogP contribution in [-0.2, 0) is 5.41 Å². The summed E-state index contributed by atoms with van der Waals surface area (Å²) in [6, 6.07) is 12.2. The van der Waals surface area contributed by atoms with Crippen molar-refractivity contribution in [1.82, 2.24) is 0 Å². The number of amides is 1. The Kier molecular flexibility index (Phi) is 4.04. The molecule has 1 amide bonds. The summed E-state index contributed by atoms with van der Waals surface area (Å²) < 4.78 is 0. The molecule has 3 nitrogen and oxygen atoms in total. The van der Waals surface area contributed by atoms with Crippen LogP contribution in [-0.4, -0.2) is 5.91 Å². The van der Waals surface area contributed by atoms with Crippen molar-refractivity contribution >= 4 is 17.3 Å². The summed E-state index contributed by atoms with van der Waals surface area (Å²) in [5, 5.41) is 3.08. The average Bonchev–Trinajstić information content (AvgIpc) is 2.64. The monoisotopic (exact) mass is 374 g/mol. The van der Waals surface area contributed by atoms with Crippen molar-refractivity contribution in [3.63, 3.8) is 0 Å². The van der Waals surface area contributed by atoms with E-state index < -0.39 is 0 Å². The molecule has 0 saturated heterocycles. The number of rotatable bonds is 3. The van der Waals surface area contributed by atoms with E-state index in [9.17, 15) is 4.79 Å². The maximum absolute atomic E-state index is 12.7. The summed E-state index contributed by atoms with van der Waals surface area (Å²) in [5.41, 5.74) is 12.2. The lowest BCUT2D eigenvalue weighted by atomic mass is 9.48. The van der Waals surface area contributed by atoms with Crippen LogP contribution in [0.15, 0.2) is 36.4 Å². The van der Waals surface area contributed by atoms with Crippen LogP contribution in [0.4, 0.5) is 11.4 Å². The zero-order valence-electron chi connectivity index (χ0n) is 16.9. The summed E-state index contributed by atoms with van der Waals surface area (Å²) in [6.45, 7) is 4.06. The van der Waals surface area contributed by atoms with E-state index in [0.717, 1.165) is 34.6 Å². The SMILES string of the molecule is Cc1ccc(C(=O)Nc2ccc(C34CC5CC(CC(C5)C3)C4)cc2C)cc1N. The number of hydrogen-bond donors (Lipinski definition) is 2. The molecule has 146 valence electrons. The zero-order chi connectivity index (χ0) is 19.5. The van der Waals surface area contributed by atoms with Gasteiger partial charge in [-0.15, -0.1) is 0 Å². The van der Waals surface area contributed by atoms with E-state index in [0.29, 0.717) is 16.7 Å². The summed E-state index contributed by atoms with van der Waals surface area (Å²) in [6.07, 6.45) is 8.50. The van der Waals surface area contributed by atoms with Crippen LogP contribution in [0.5, 0.6) is 0 Å². The predicted octanol–water partition coefficient (Wildman–Crippen LogP) is 5.61. The Hall–Kier alpha value is -2.29. The number of aryl methyl sites for hydroxylation is 2. The Balaban J connectivity index is 1.38. The molecule has 0 heterocycles. The second-order valence-corrected chi connectivity index (χ2v) is 9.75. The number of carbonyl (C=O) groups excluding carboxylic acids is 1. The number of carbonyl (C=O) groups is 1. The lowest BCUT2D eigenvalue weighted by Crippen LogP contribution is -2.48. The van der Waals surface area contributed by atoms with E-state index in [2.05, 4.69) is 30.4 Å². The number of hydrogen-bond acceptors (Lipinski definition) is 2. The van der Waals surface area contributed by atoms with Crippen molar-refractivity contribution in [1.29, 1.82) is 0 Å². The molecule has 0 spiro atoms. The van der Waals surface area contributed by atoms with Gasteiger partial charge in [0.25, 0.3) is 5.91 Å². The minimum absolute atomic E-state index is 0.0997. The van der Waals surface area contributed by atoms with Gasteiger partial charge in [0.1, 0.15) is 0 Å². The highest BCUT2D eigenvalue weighted by molar-refractivity contribution is 6.05. The Morgan fingerprint density at radius 2 is 1.57 bits per heavy atom. The smallest absolute Gasteiger partial charge is 0.255 e. The van der Waals surface area contributed by atoms with Crippen LogP contribution in [0, 0.1) is 31.6 Å². The molecule has 4 aliphatic rings. The van der Waals surface area contributed by atoms with Gasteiger partial charge >= 0.3 is 0 Å². The molecule has 3 N–H and O–H groups in total. The standard InChI is InChI=1S/C25H30N2O/c1-15-3-4-20(11-22(15)26)24(28)27-23-6-5-21(7-16(23)2)25-12-17-8-18(13-25)10-19(9-17)14-25/h3-7,11,17-19H,8-10,12-14,26H2,1-2H3,(H,27,28). The largest absolute Gasteiger partial charge is 0.398 e. The molecule has 6 rings (SSSR count). The summed E-state index contributed by atoms with van der Waals surface area (Å²) in [7, 11) is 0. The molecule has 4 aliphatic carbocycles. The number of nitrogens with two attached hydrogens (primary N) is 1. The van der Waals surface area contributed by atoms with Gasteiger partial charge in [0.15, 0.2) is 0 Å². The van der Waals surface area contributed by atoms with Gasteiger partial charge in [-0.1, -0.05) is 18.2 Å². The van der Waals surface area contributed by atoms with Gasteiger partial charge in [0.2, 0.25) is 0 Å². The normalized spacial score (nSPS) is 30.4. The Morgan fingerprint density at radius 1 is 0.929 bits per heavy atom. The predicted molar refractivity (Wildman–Crippen MR) is 115 cm³/mol. The van der Waals surface area contributed by atoms with Crippen molar-refractivity contribution in [2.45, 2.75) is 57.8 Å². The Labute approximate surface area is 167 Å². The fraction of sp³-hybridized carbons (Fsp3) is 0.480. The minimum atomic E-state index is -0.0997. The van der Waals surface area contributed by atoms with Gasteiger partial charge in [0.05, 0.1) is 0 Å². The molecule has 3 heteroatoms. The molecule has 28 heavy (non-hydrogen) atoms. The molecule has 4 fully saturated rings. The van der Waals surface area contributed by atoms with Crippen LogP contribution in [0.1, 0.15) is 65.6 Å². The number of anilines is 2. The van der Waals surface area contributed by atoms with E-state index in [-0.39, 0.29) is 5.91 Å². The Bertz CT molecular complexity index is 910. The van der Waals surface area contributed by atoms with Gasteiger partial charge < -0.3 is 11.1 Å². The van der Waals surface area contributed by atoms with Crippen LogP contribution < -0.4 is 11.1 Å². The van der Waals surface area contributed by atoms with Gasteiger partial charge in [-0.2, -0.15) is 0 Å². The van der Waals surface area contributed by atoms with Gasteiger partial charge in [0, 0.05) is 16.9 Å². The van der Waals surface area contributed by atoms with Crippen LogP contribution >= 0.6 is 0 Å². The van der Waals surface area contributed by atoms with E-state index in [1.807, 2.05) is 19.1 Å². The zero-order valence-corrected chi connectivity index (χ0v) is 16.9. The molecule has 2 aromatic rings. The summed E-state index contributed by atoms with van der Waals surface area (Å²) in [5.74, 6) is 2.73. The van der Waals surface area contributed by atoms with E-state index in [4.69, 9.17) is 5.73 Å². The molecule has 0 aromatic heterocycles. The Morgan fingerprint density at radius 3 is 2.14 bits per heavy atom. The first-order valence-electron chi connectivity index (χ1n) is 10.7. The van der Waals surface area contributed by atoms with Crippen LogP contribution in [0.25, 0.3) is 0 Å². The third kappa shape index (κ3) is 2.92. The van der Waals surface area contributed by atoms with Crippen molar-refractivity contribution in [2.75, 3.05) is 11.1 Å². The molecular formula is C25H30N2O. The number of nitrogen functional groups attached to an aromatic ring is 1. The fourth-order valence-corrected chi connectivity index (χ4v) is 6.57. The molecule has 0 radical (unpaired) electrons. The van der Waals surface area contributed by atoms with Crippen molar-refractivity contribution in [2.24, 2.45) is 17.8 Å². The summed E-state index contributed by atoms with van der Waals surface area (Å²) >= 11 is 0. The van der Waals surface area contributed by atoms with Crippen LogP contribution in [0.2, 0.25) is 0 Å². The first-order valence-corrected chi connectivity index (χ1v) is 10.7. The van der Waals surface area contributed by atoms with Crippen molar-refractivity contribution in [3.05, 3.63) is 58.7 Å². The summed E-state index contributed by atoms with van der Waals surface area (Å²) in [4.78, 5) is 12.7. The molecule has 2 aromatic carbocycles. The van der Waals surface area contributed by atoms with Crippen LogP contribution in [0.3, 0.4) is 0 Å². The molecule has 4 saturated carbocycles. The third-order valence-corrected chi connectivity index (χ3v) is 7.67. The molecule has 4 bridgehead atoms. The van der Waals surface area contributed by atoms with E-state index in [1.54, 1.807) is 6.07 Å². The maximum atomic E-state index is 12.7. The fourth-order valence-electron chi connectivity index (χ4n) is 6.57. The maximum Gasteiger partial charge on any atom is 0.255 e. The van der Waals surface area contributed by atoms with E-state index >= 15 is 0 Å². The second-order valence-electron chi connectivity index (χ2n) is 9.75. The highest BCUT2D eigenvalue weighted by Gasteiger charge is 2.51. The van der Waals surface area contributed by atoms with Gasteiger partial charge in [-0.3, -0.25) is 4.79 Å². The molecular weight excluding hydrogens is 344 g/mol. The second kappa shape index (κ2) is 6.37. The highest BCUT2D eigenvalue weighted by atomic mass is 16.1. The first-order chi connectivity index (χ1) is 13.4. The quantitative estimate of drug-likeness (QED) is 0.687. The highest BCUT2D eigenvalue weighted by Crippen LogP contribution is 2.60. The van der Waals surface area contributed by atoms with Gasteiger partial charge in [-0.05, 0) is 110 Å². The molecule has 0 atom stereocenters. The number of benzene rings is 2. The third-order valence-electron chi connectivity index (χ3n) is 7.67. The lowest BCUT2D eigenvalue weighted by Gasteiger charge is -2.57. The molecule has 0 unspecified atom stereocenters. The average molecular weight is 375 g/mol. The van der Waals surface area contributed by atoms with Crippen molar-refractivity contribution < 1.29 is 4.79 Å². The topological polar surface area (TPSA) is 55.1 Å². The molecule has 0 aliphatic heterocycles. The lowest BCUT2D eigenvalue weighted by molar-refractivity contribution is -0.00520.